The van der Waals surface area contributed by atoms with Gasteiger partial charge in [0.2, 0.25) is 5.95 Å². The average Bonchev–Trinajstić information content (AvgIpc) is 2.31. The Morgan fingerprint density at radius 3 is 2.71 bits per heavy atom. The van der Waals surface area contributed by atoms with Crippen LogP contribution in [0.2, 0.25) is 0 Å². The van der Waals surface area contributed by atoms with Gasteiger partial charge in [0.05, 0.1) is 0 Å². The van der Waals surface area contributed by atoms with Crippen molar-refractivity contribution in [2.45, 2.75) is 13.8 Å². The zero-order valence-corrected chi connectivity index (χ0v) is 10.3. The molecule has 2 N–H and O–H groups in total. The van der Waals surface area contributed by atoms with Crippen LogP contribution in [0.1, 0.15) is 11.1 Å². The predicted molar refractivity (Wildman–Crippen MR) is 70.4 cm³/mol. The molecule has 2 aromatic rings. The van der Waals surface area contributed by atoms with Crippen molar-refractivity contribution < 1.29 is 0 Å². The highest BCUT2D eigenvalue weighted by molar-refractivity contribution is 5.62. The Morgan fingerprint density at radius 1 is 1.24 bits per heavy atom. The van der Waals surface area contributed by atoms with Crippen LogP contribution >= 0.6 is 0 Å². The van der Waals surface area contributed by atoms with E-state index >= 15 is 0 Å². The van der Waals surface area contributed by atoms with E-state index in [0.717, 1.165) is 17.1 Å². The quantitative estimate of drug-likeness (QED) is 0.857. The zero-order chi connectivity index (χ0) is 12.4. The fourth-order valence-corrected chi connectivity index (χ4v) is 1.74. The molecule has 17 heavy (non-hydrogen) atoms. The average molecular weight is 228 g/mol. The van der Waals surface area contributed by atoms with Gasteiger partial charge in [-0.2, -0.15) is 4.98 Å². The summed E-state index contributed by atoms with van der Waals surface area (Å²) in [7, 11) is 1.98. The summed E-state index contributed by atoms with van der Waals surface area (Å²) in [6, 6.07) is 8.25. The van der Waals surface area contributed by atoms with Gasteiger partial charge >= 0.3 is 0 Å². The van der Waals surface area contributed by atoms with E-state index in [-0.39, 0.29) is 0 Å². The van der Waals surface area contributed by atoms with E-state index < -0.39 is 0 Å². The molecule has 0 radical (unpaired) electrons. The molecule has 4 nitrogen and oxygen atoms in total. The second kappa shape index (κ2) is 4.41. The molecule has 0 amide bonds. The monoisotopic (exact) mass is 228 g/mol. The van der Waals surface area contributed by atoms with Crippen molar-refractivity contribution >= 4 is 17.5 Å². The molecule has 0 bridgehead atoms. The van der Waals surface area contributed by atoms with E-state index in [1.165, 1.54) is 5.56 Å². The van der Waals surface area contributed by atoms with Gasteiger partial charge < -0.3 is 10.6 Å². The molecule has 1 aromatic heterocycles. The lowest BCUT2D eigenvalue weighted by Gasteiger charge is -2.20. The molecule has 0 saturated carbocycles. The second-order valence-corrected chi connectivity index (χ2v) is 4.13. The standard InChI is InChI=1S/C13H16N4/c1-9-5-4-6-11(7-9)17(3)12-10(2)8-15-13(14)16-12/h4-8H,1-3H3,(H2,14,15,16). The third kappa shape index (κ3) is 2.36. The minimum atomic E-state index is 0.296. The van der Waals surface area contributed by atoms with Crippen LogP contribution in [0.4, 0.5) is 17.5 Å². The molecule has 0 aliphatic carbocycles. The number of nitrogens with zero attached hydrogens (tertiary/aromatic N) is 3. The van der Waals surface area contributed by atoms with Crippen molar-refractivity contribution in [3.63, 3.8) is 0 Å². The SMILES string of the molecule is Cc1cccc(N(C)c2nc(N)ncc2C)c1. The van der Waals surface area contributed by atoms with Crippen molar-refractivity contribution in [1.29, 1.82) is 0 Å². The molecule has 0 atom stereocenters. The van der Waals surface area contributed by atoms with Crippen molar-refractivity contribution in [2.75, 3.05) is 17.7 Å². The van der Waals surface area contributed by atoms with E-state index in [2.05, 4.69) is 29.0 Å². The van der Waals surface area contributed by atoms with Gasteiger partial charge in [-0.05, 0) is 31.5 Å². The van der Waals surface area contributed by atoms with Crippen LogP contribution in [0.5, 0.6) is 0 Å². The number of benzene rings is 1. The van der Waals surface area contributed by atoms with Crippen LogP contribution in [0.3, 0.4) is 0 Å². The molecule has 88 valence electrons. The first-order valence-electron chi connectivity index (χ1n) is 5.47. The highest BCUT2D eigenvalue weighted by Crippen LogP contribution is 2.25. The first kappa shape index (κ1) is 11.4. The topological polar surface area (TPSA) is 55.0 Å². The van der Waals surface area contributed by atoms with Gasteiger partial charge in [0, 0.05) is 24.5 Å². The minimum absolute atomic E-state index is 0.296. The van der Waals surface area contributed by atoms with Crippen LogP contribution in [-0.2, 0) is 0 Å². The summed E-state index contributed by atoms with van der Waals surface area (Å²) < 4.78 is 0. The van der Waals surface area contributed by atoms with E-state index in [1.807, 2.05) is 31.0 Å². The Hall–Kier alpha value is -2.10. The van der Waals surface area contributed by atoms with Crippen molar-refractivity contribution in [1.82, 2.24) is 9.97 Å². The Labute approximate surface area is 101 Å². The Morgan fingerprint density at radius 2 is 2.00 bits per heavy atom. The molecule has 0 aliphatic rings. The molecule has 0 unspecified atom stereocenters. The zero-order valence-electron chi connectivity index (χ0n) is 10.3. The van der Waals surface area contributed by atoms with Crippen molar-refractivity contribution in [3.8, 4) is 0 Å². The summed E-state index contributed by atoms with van der Waals surface area (Å²) in [5, 5.41) is 0. The maximum atomic E-state index is 5.62. The Bertz CT molecular complexity index is 537. The van der Waals surface area contributed by atoms with E-state index in [9.17, 15) is 0 Å². The number of rotatable bonds is 2. The number of aromatic nitrogens is 2. The summed E-state index contributed by atoms with van der Waals surface area (Å²) in [4.78, 5) is 10.3. The lowest BCUT2D eigenvalue weighted by Crippen LogP contribution is -2.14. The number of hydrogen-bond acceptors (Lipinski definition) is 4. The summed E-state index contributed by atoms with van der Waals surface area (Å²) >= 11 is 0. The lowest BCUT2D eigenvalue weighted by atomic mass is 10.2. The maximum Gasteiger partial charge on any atom is 0.221 e. The van der Waals surface area contributed by atoms with Crippen LogP contribution in [0, 0.1) is 13.8 Å². The predicted octanol–water partition coefficient (Wildman–Crippen LogP) is 2.44. The van der Waals surface area contributed by atoms with E-state index in [1.54, 1.807) is 6.20 Å². The molecule has 1 aromatic carbocycles. The molecule has 4 heteroatoms. The van der Waals surface area contributed by atoms with Gasteiger partial charge in [-0.1, -0.05) is 12.1 Å². The van der Waals surface area contributed by atoms with Crippen LogP contribution < -0.4 is 10.6 Å². The largest absolute Gasteiger partial charge is 0.368 e. The van der Waals surface area contributed by atoms with Crippen molar-refractivity contribution in [3.05, 3.63) is 41.6 Å². The van der Waals surface area contributed by atoms with Crippen molar-refractivity contribution in [2.24, 2.45) is 0 Å². The van der Waals surface area contributed by atoms with Gasteiger partial charge in [0.25, 0.3) is 0 Å². The number of hydrogen-bond donors (Lipinski definition) is 1. The molecular formula is C13H16N4. The molecule has 1 heterocycles. The van der Waals surface area contributed by atoms with Gasteiger partial charge in [-0.25, -0.2) is 4.98 Å². The molecule has 0 saturated heterocycles. The fraction of sp³-hybridized carbons (Fsp3) is 0.231. The normalized spacial score (nSPS) is 10.3. The van der Waals surface area contributed by atoms with Crippen LogP contribution in [0.25, 0.3) is 0 Å². The third-order valence-corrected chi connectivity index (χ3v) is 2.67. The summed E-state index contributed by atoms with van der Waals surface area (Å²) in [6.45, 7) is 4.04. The highest BCUT2D eigenvalue weighted by Gasteiger charge is 2.09. The lowest BCUT2D eigenvalue weighted by molar-refractivity contribution is 1.06. The minimum Gasteiger partial charge on any atom is -0.368 e. The highest BCUT2D eigenvalue weighted by atomic mass is 15.2. The van der Waals surface area contributed by atoms with Crippen LogP contribution in [0.15, 0.2) is 30.5 Å². The third-order valence-electron chi connectivity index (χ3n) is 2.67. The van der Waals surface area contributed by atoms with Gasteiger partial charge in [-0.15, -0.1) is 0 Å². The number of anilines is 3. The fourth-order valence-electron chi connectivity index (χ4n) is 1.74. The molecular weight excluding hydrogens is 212 g/mol. The second-order valence-electron chi connectivity index (χ2n) is 4.13. The van der Waals surface area contributed by atoms with Gasteiger partial charge in [-0.3, -0.25) is 0 Å². The summed E-state index contributed by atoms with van der Waals surface area (Å²) in [6.07, 6.45) is 1.74. The van der Waals surface area contributed by atoms with Gasteiger partial charge in [0.15, 0.2) is 0 Å². The van der Waals surface area contributed by atoms with Gasteiger partial charge in [0.1, 0.15) is 5.82 Å². The van der Waals surface area contributed by atoms with Crippen LogP contribution in [-0.4, -0.2) is 17.0 Å². The number of nitrogen functional groups attached to an aromatic ring is 1. The molecule has 0 aliphatic heterocycles. The maximum absolute atomic E-state index is 5.62. The molecule has 0 fully saturated rings. The molecule has 2 rings (SSSR count). The Balaban J connectivity index is 2.43. The first-order chi connectivity index (χ1) is 8.08. The Kier molecular flexibility index (Phi) is 2.95. The van der Waals surface area contributed by atoms with E-state index in [4.69, 9.17) is 5.73 Å². The smallest absolute Gasteiger partial charge is 0.221 e. The summed E-state index contributed by atoms with van der Waals surface area (Å²) in [5.74, 6) is 1.13. The molecule has 0 spiro atoms. The first-order valence-corrected chi connectivity index (χ1v) is 5.47. The number of aryl methyl sites for hydroxylation is 2. The van der Waals surface area contributed by atoms with E-state index in [0.29, 0.717) is 5.95 Å². The number of nitrogens with two attached hydrogens (primary N) is 1. The summed E-state index contributed by atoms with van der Waals surface area (Å²) in [5.41, 5.74) is 8.93.